The minimum absolute atomic E-state index is 0.0428. The number of rotatable bonds is 4. The van der Waals surface area contributed by atoms with Crippen LogP contribution in [0, 0.1) is 0 Å². The van der Waals surface area contributed by atoms with Gasteiger partial charge in [-0.05, 0) is 31.7 Å². The highest BCUT2D eigenvalue weighted by Gasteiger charge is 2.26. The lowest BCUT2D eigenvalue weighted by Gasteiger charge is -2.35. The maximum atomic E-state index is 12.5. The Bertz CT molecular complexity index is 890. The summed E-state index contributed by atoms with van der Waals surface area (Å²) in [6.07, 6.45) is 3.98. The molecule has 1 aliphatic rings. The van der Waals surface area contributed by atoms with E-state index in [-0.39, 0.29) is 29.8 Å². The molecule has 0 bridgehead atoms. The second kappa shape index (κ2) is 7.68. The number of carbonyl (C=O) groups is 2. The molecule has 7 nitrogen and oxygen atoms in total. The lowest BCUT2D eigenvalue weighted by Crippen LogP contribution is -2.45. The molecule has 7 heteroatoms. The van der Waals surface area contributed by atoms with Crippen molar-refractivity contribution in [1.82, 2.24) is 14.7 Å². The van der Waals surface area contributed by atoms with Gasteiger partial charge in [0.15, 0.2) is 12.3 Å². The number of nitrogens with zero attached hydrogens (tertiary/aromatic N) is 3. The molecule has 26 heavy (non-hydrogen) atoms. The molecule has 0 N–H and O–H groups in total. The zero-order valence-electron chi connectivity index (χ0n) is 15.1. The van der Waals surface area contributed by atoms with Crippen LogP contribution in [-0.2, 0) is 16.6 Å². The van der Waals surface area contributed by atoms with Crippen molar-refractivity contribution in [2.45, 2.75) is 38.6 Å². The Morgan fingerprint density at radius 3 is 2.69 bits per heavy atom. The van der Waals surface area contributed by atoms with Crippen molar-refractivity contribution in [2.75, 3.05) is 13.2 Å². The maximum Gasteiger partial charge on any atom is 0.359 e. The number of aryl methyl sites for hydroxylation is 1. The van der Waals surface area contributed by atoms with Crippen LogP contribution in [0.15, 0.2) is 29.1 Å². The van der Waals surface area contributed by atoms with Gasteiger partial charge in [-0.3, -0.25) is 9.59 Å². The van der Waals surface area contributed by atoms with Gasteiger partial charge in [0.2, 0.25) is 0 Å². The van der Waals surface area contributed by atoms with Crippen molar-refractivity contribution in [1.29, 1.82) is 0 Å². The van der Waals surface area contributed by atoms with E-state index < -0.39 is 5.97 Å². The Morgan fingerprint density at radius 2 is 1.96 bits per heavy atom. The van der Waals surface area contributed by atoms with Gasteiger partial charge in [-0.15, -0.1) is 0 Å². The quantitative estimate of drug-likeness (QED) is 0.781. The molecular weight excluding hydrogens is 334 g/mol. The van der Waals surface area contributed by atoms with Crippen molar-refractivity contribution in [3.63, 3.8) is 0 Å². The number of piperidine rings is 1. The van der Waals surface area contributed by atoms with Crippen molar-refractivity contribution in [3.8, 4) is 0 Å². The Labute approximate surface area is 151 Å². The van der Waals surface area contributed by atoms with Crippen LogP contribution in [0.25, 0.3) is 10.8 Å². The number of ether oxygens (including phenoxy) is 1. The van der Waals surface area contributed by atoms with Crippen LogP contribution in [0.1, 0.15) is 43.1 Å². The second-order valence-corrected chi connectivity index (χ2v) is 6.54. The van der Waals surface area contributed by atoms with E-state index in [1.165, 1.54) is 7.05 Å². The average Bonchev–Trinajstić information content (AvgIpc) is 2.68. The standard InChI is InChI=1S/C19H23N3O4/c1-3-13-8-6-7-11-22(13)16(23)12-26-19(25)17-14-9-4-5-10-15(14)18(24)21(2)20-17/h4-5,9-10,13H,3,6-8,11-12H2,1-2H3. The van der Waals surface area contributed by atoms with Crippen LogP contribution in [0.2, 0.25) is 0 Å². The summed E-state index contributed by atoms with van der Waals surface area (Å²) < 4.78 is 6.34. The molecule has 0 radical (unpaired) electrons. The summed E-state index contributed by atoms with van der Waals surface area (Å²) in [5.41, 5.74) is -0.242. The molecule has 0 aliphatic carbocycles. The summed E-state index contributed by atoms with van der Waals surface area (Å²) in [5, 5.41) is 4.85. The highest BCUT2D eigenvalue weighted by atomic mass is 16.5. The summed E-state index contributed by atoms with van der Waals surface area (Å²) in [4.78, 5) is 38.9. The van der Waals surface area contributed by atoms with Crippen LogP contribution in [0.5, 0.6) is 0 Å². The number of aromatic nitrogens is 2. The Hall–Kier alpha value is -2.70. The van der Waals surface area contributed by atoms with Gasteiger partial charge < -0.3 is 9.64 Å². The molecule has 138 valence electrons. The van der Waals surface area contributed by atoms with Crippen molar-refractivity contribution >= 4 is 22.6 Å². The van der Waals surface area contributed by atoms with Crippen molar-refractivity contribution in [3.05, 3.63) is 40.3 Å². The van der Waals surface area contributed by atoms with E-state index in [2.05, 4.69) is 12.0 Å². The number of carbonyl (C=O) groups excluding carboxylic acids is 2. The SMILES string of the molecule is CCC1CCCCN1C(=O)COC(=O)c1nn(C)c(=O)c2ccccc12. The van der Waals surface area contributed by atoms with Crippen LogP contribution in [0.4, 0.5) is 0 Å². The van der Waals surface area contributed by atoms with E-state index in [1.54, 1.807) is 24.3 Å². The Morgan fingerprint density at radius 1 is 1.23 bits per heavy atom. The largest absolute Gasteiger partial charge is 0.451 e. The number of hydrogen-bond donors (Lipinski definition) is 0. The number of fused-ring (bicyclic) bond motifs is 1. The molecule has 1 fully saturated rings. The first-order chi connectivity index (χ1) is 12.5. The zero-order chi connectivity index (χ0) is 18.7. The lowest BCUT2D eigenvalue weighted by molar-refractivity contribution is -0.138. The topological polar surface area (TPSA) is 81.5 Å². The Kier molecular flexibility index (Phi) is 5.35. The third-order valence-electron chi connectivity index (χ3n) is 4.90. The molecule has 3 rings (SSSR count). The summed E-state index contributed by atoms with van der Waals surface area (Å²) in [5.74, 6) is -0.880. The fourth-order valence-corrected chi connectivity index (χ4v) is 3.48. The van der Waals surface area contributed by atoms with Gasteiger partial charge in [-0.2, -0.15) is 5.10 Å². The molecule has 1 atom stereocenters. The molecule has 0 spiro atoms. The van der Waals surface area contributed by atoms with Crippen LogP contribution < -0.4 is 5.56 Å². The molecule has 2 aromatic rings. The summed E-state index contributed by atoms with van der Waals surface area (Å²) in [6, 6.07) is 6.96. The maximum absolute atomic E-state index is 12.5. The monoisotopic (exact) mass is 357 g/mol. The molecule has 1 amide bonds. The zero-order valence-corrected chi connectivity index (χ0v) is 15.1. The van der Waals surface area contributed by atoms with E-state index in [0.717, 1.165) is 30.4 Å². The van der Waals surface area contributed by atoms with E-state index in [1.807, 2.05) is 4.90 Å². The fraction of sp³-hybridized carbons (Fsp3) is 0.474. The van der Waals surface area contributed by atoms with Crippen LogP contribution in [-0.4, -0.2) is 45.8 Å². The minimum Gasteiger partial charge on any atom is -0.451 e. The number of esters is 1. The average molecular weight is 357 g/mol. The van der Waals surface area contributed by atoms with Gasteiger partial charge in [-0.1, -0.05) is 25.1 Å². The van der Waals surface area contributed by atoms with Crippen LogP contribution >= 0.6 is 0 Å². The number of likely N-dealkylation sites (tertiary alicyclic amines) is 1. The summed E-state index contributed by atoms with van der Waals surface area (Å²) in [6.45, 7) is 2.45. The molecule has 1 aliphatic heterocycles. The Balaban J connectivity index is 1.77. The number of hydrogen-bond acceptors (Lipinski definition) is 5. The first-order valence-electron chi connectivity index (χ1n) is 8.95. The number of amides is 1. The van der Waals surface area contributed by atoms with Crippen molar-refractivity contribution < 1.29 is 14.3 Å². The predicted molar refractivity (Wildman–Crippen MR) is 96.9 cm³/mol. The number of benzene rings is 1. The van der Waals surface area contributed by atoms with E-state index >= 15 is 0 Å². The molecule has 1 aromatic carbocycles. The van der Waals surface area contributed by atoms with Crippen molar-refractivity contribution in [2.24, 2.45) is 7.05 Å². The molecule has 1 aromatic heterocycles. The molecular formula is C19H23N3O4. The highest BCUT2D eigenvalue weighted by Crippen LogP contribution is 2.20. The van der Waals surface area contributed by atoms with Gasteiger partial charge in [0.05, 0.1) is 5.39 Å². The van der Waals surface area contributed by atoms with Gasteiger partial charge in [0, 0.05) is 25.0 Å². The van der Waals surface area contributed by atoms with E-state index in [9.17, 15) is 14.4 Å². The van der Waals surface area contributed by atoms with Gasteiger partial charge >= 0.3 is 5.97 Å². The minimum atomic E-state index is -0.699. The highest BCUT2D eigenvalue weighted by molar-refractivity contribution is 6.02. The third-order valence-corrected chi connectivity index (χ3v) is 4.90. The second-order valence-electron chi connectivity index (χ2n) is 6.54. The van der Waals surface area contributed by atoms with Crippen LogP contribution in [0.3, 0.4) is 0 Å². The third kappa shape index (κ3) is 3.47. The molecule has 1 saturated heterocycles. The first-order valence-corrected chi connectivity index (χ1v) is 8.95. The predicted octanol–water partition coefficient (Wildman–Crippen LogP) is 1.88. The fourth-order valence-electron chi connectivity index (χ4n) is 3.48. The smallest absolute Gasteiger partial charge is 0.359 e. The van der Waals surface area contributed by atoms with Gasteiger partial charge in [0.25, 0.3) is 11.5 Å². The summed E-state index contributed by atoms with van der Waals surface area (Å²) in [7, 11) is 1.48. The van der Waals surface area contributed by atoms with Gasteiger partial charge in [-0.25, -0.2) is 9.48 Å². The molecule has 2 heterocycles. The lowest BCUT2D eigenvalue weighted by atomic mass is 10.00. The normalized spacial score (nSPS) is 17.3. The van der Waals surface area contributed by atoms with E-state index in [4.69, 9.17) is 4.74 Å². The van der Waals surface area contributed by atoms with Gasteiger partial charge in [0.1, 0.15) is 0 Å². The van der Waals surface area contributed by atoms with E-state index in [0.29, 0.717) is 17.3 Å². The molecule has 0 saturated carbocycles. The first kappa shape index (κ1) is 18.1. The summed E-state index contributed by atoms with van der Waals surface area (Å²) >= 11 is 0. The molecule has 1 unspecified atom stereocenters.